The van der Waals surface area contributed by atoms with E-state index in [2.05, 4.69) is 24.1 Å². The molecule has 1 amide bonds. The van der Waals surface area contributed by atoms with Gasteiger partial charge in [0.1, 0.15) is 5.82 Å². The highest BCUT2D eigenvalue weighted by atomic mass is 32.2. The topological polar surface area (TPSA) is 46.9 Å². The molecule has 1 atom stereocenters. The number of amides is 1. The number of benzene rings is 1. The largest absolute Gasteiger partial charge is 0.342 e. The summed E-state index contributed by atoms with van der Waals surface area (Å²) in [6, 6.07) is 7.54. The van der Waals surface area contributed by atoms with Crippen LogP contribution in [0.1, 0.15) is 36.1 Å². The molecule has 1 aromatic carbocycles. The van der Waals surface area contributed by atoms with Crippen LogP contribution in [0.15, 0.2) is 41.6 Å². The molecular formula is C16H21N3OS. The zero-order valence-electron chi connectivity index (χ0n) is 12.8. The number of aromatic nitrogens is 2. The number of hydrogen-bond donors (Lipinski definition) is 1. The molecule has 2 aromatic rings. The number of carbonyl (C=O) groups is 1. The normalized spacial score (nSPS) is 12.4. The van der Waals surface area contributed by atoms with Gasteiger partial charge in [0.05, 0.1) is 6.04 Å². The van der Waals surface area contributed by atoms with Gasteiger partial charge in [0.15, 0.2) is 0 Å². The summed E-state index contributed by atoms with van der Waals surface area (Å²) in [5.74, 6) is 1.07. The predicted octanol–water partition coefficient (Wildman–Crippen LogP) is 3.27. The Balaban J connectivity index is 2.16. The van der Waals surface area contributed by atoms with Crippen molar-refractivity contribution in [2.75, 3.05) is 6.26 Å². The molecule has 0 fully saturated rings. The summed E-state index contributed by atoms with van der Waals surface area (Å²) >= 11 is 1.66. The highest BCUT2D eigenvalue weighted by Gasteiger charge is 2.22. The Morgan fingerprint density at radius 2 is 1.95 bits per heavy atom. The van der Waals surface area contributed by atoms with Crippen LogP contribution >= 0.6 is 11.8 Å². The zero-order valence-corrected chi connectivity index (χ0v) is 13.6. The second kappa shape index (κ2) is 6.80. The highest BCUT2D eigenvalue weighted by molar-refractivity contribution is 7.98. The first-order chi connectivity index (χ1) is 10.0. The van der Waals surface area contributed by atoms with E-state index in [9.17, 15) is 4.79 Å². The van der Waals surface area contributed by atoms with Crippen molar-refractivity contribution in [3.05, 3.63) is 48.0 Å². The zero-order chi connectivity index (χ0) is 15.4. The Morgan fingerprint density at radius 3 is 2.43 bits per heavy atom. The quantitative estimate of drug-likeness (QED) is 0.862. The summed E-state index contributed by atoms with van der Waals surface area (Å²) in [5, 5.41) is 3.08. The number of imidazole rings is 1. The average molecular weight is 303 g/mol. The number of nitrogens with one attached hydrogen (secondary N) is 1. The number of thioether (sulfide) groups is 1. The van der Waals surface area contributed by atoms with Gasteiger partial charge in [-0.1, -0.05) is 13.8 Å². The molecule has 4 nitrogen and oxygen atoms in total. The minimum absolute atomic E-state index is 0.0654. The van der Waals surface area contributed by atoms with E-state index in [1.165, 1.54) is 0 Å². The van der Waals surface area contributed by atoms with Gasteiger partial charge in [-0.25, -0.2) is 4.98 Å². The van der Waals surface area contributed by atoms with Gasteiger partial charge in [0.2, 0.25) is 0 Å². The SMILES string of the molecule is CSc1ccc(C(=O)N[C@@H](c2nccn2C)C(C)C)cc1. The van der Waals surface area contributed by atoms with Crippen LogP contribution in [-0.2, 0) is 7.05 Å². The number of nitrogens with zero attached hydrogens (tertiary/aromatic N) is 2. The first kappa shape index (κ1) is 15.6. The number of rotatable bonds is 5. The van der Waals surface area contributed by atoms with Crippen molar-refractivity contribution in [3.63, 3.8) is 0 Å². The van der Waals surface area contributed by atoms with E-state index < -0.39 is 0 Å². The molecule has 21 heavy (non-hydrogen) atoms. The van der Waals surface area contributed by atoms with Gasteiger partial charge >= 0.3 is 0 Å². The molecule has 2 rings (SSSR count). The molecule has 0 unspecified atom stereocenters. The van der Waals surface area contributed by atoms with Gasteiger partial charge in [-0.3, -0.25) is 4.79 Å². The fraction of sp³-hybridized carbons (Fsp3) is 0.375. The Bertz CT molecular complexity index is 604. The van der Waals surface area contributed by atoms with Gasteiger partial charge in [-0.05, 0) is 36.4 Å². The molecule has 0 saturated carbocycles. The van der Waals surface area contributed by atoms with Crippen LogP contribution in [0.2, 0.25) is 0 Å². The van der Waals surface area contributed by atoms with Crippen molar-refractivity contribution in [2.45, 2.75) is 24.8 Å². The lowest BCUT2D eigenvalue weighted by Crippen LogP contribution is -2.33. The maximum Gasteiger partial charge on any atom is 0.251 e. The van der Waals surface area contributed by atoms with Gasteiger partial charge in [0.25, 0.3) is 5.91 Å². The number of carbonyl (C=O) groups excluding carboxylic acids is 1. The number of aryl methyl sites for hydroxylation is 1. The minimum Gasteiger partial charge on any atom is -0.342 e. The lowest BCUT2D eigenvalue weighted by molar-refractivity contribution is 0.0922. The Kier molecular flexibility index (Phi) is 5.07. The third-order valence-electron chi connectivity index (χ3n) is 3.44. The molecule has 0 aliphatic rings. The van der Waals surface area contributed by atoms with Crippen molar-refractivity contribution in [2.24, 2.45) is 13.0 Å². The molecule has 5 heteroatoms. The van der Waals surface area contributed by atoms with E-state index in [1.54, 1.807) is 18.0 Å². The Morgan fingerprint density at radius 1 is 1.29 bits per heavy atom. The van der Waals surface area contributed by atoms with Crippen molar-refractivity contribution >= 4 is 17.7 Å². The molecule has 0 aliphatic heterocycles. The first-order valence-electron chi connectivity index (χ1n) is 6.95. The van der Waals surface area contributed by atoms with E-state index >= 15 is 0 Å². The predicted molar refractivity (Wildman–Crippen MR) is 86.5 cm³/mol. The van der Waals surface area contributed by atoms with E-state index in [0.717, 1.165) is 10.7 Å². The second-order valence-corrected chi connectivity index (χ2v) is 6.20. The molecule has 1 N–H and O–H groups in total. The van der Waals surface area contributed by atoms with Crippen LogP contribution in [0.5, 0.6) is 0 Å². The molecule has 0 saturated heterocycles. The molecule has 0 bridgehead atoms. The molecule has 1 heterocycles. The van der Waals surface area contributed by atoms with Crippen LogP contribution in [0.3, 0.4) is 0 Å². The lowest BCUT2D eigenvalue weighted by Gasteiger charge is -2.22. The third kappa shape index (κ3) is 3.67. The smallest absolute Gasteiger partial charge is 0.251 e. The average Bonchev–Trinajstić information content (AvgIpc) is 2.90. The lowest BCUT2D eigenvalue weighted by atomic mass is 10.0. The molecule has 1 aromatic heterocycles. The van der Waals surface area contributed by atoms with Crippen molar-refractivity contribution in [1.29, 1.82) is 0 Å². The summed E-state index contributed by atoms with van der Waals surface area (Å²) < 4.78 is 1.95. The van der Waals surface area contributed by atoms with Crippen molar-refractivity contribution in [1.82, 2.24) is 14.9 Å². The fourth-order valence-corrected chi connectivity index (χ4v) is 2.58. The van der Waals surface area contributed by atoms with Crippen LogP contribution in [0.25, 0.3) is 0 Å². The molecule has 0 spiro atoms. The summed E-state index contributed by atoms with van der Waals surface area (Å²) in [6.45, 7) is 4.16. The third-order valence-corrected chi connectivity index (χ3v) is 4.19. The molecule has 0 radical (unpaired) electrons. The summed E-state index contributed by atoms with van der Waals surface area (Å²) in [7, 11) is 1.94. The Labute approximate surface area is 130 Å². The standard InChI is InChI=1S/C16H21N3OS/c1-11(2)14(15-17-9-10-19(15)3)18-16(20)12-5-7-13(21-4)8-6-12/h5-11,14H,1-4H3,(H,18,20)/t14-/m1/s1. The van der Waals surface area contributed by atoms with Crippen molar-refractivity contribution < 1.29 is 4.79 Å². The van der Waals surface area contributed by atoms with E-state index in [4.69, 9.17) is 0 Å². The minimum atomic E-state index is -0.0993. The fourth-order valence-electron chi connectivity index (χ4n) is 2.17. The second-order valence-electron chi connectivity index (χ2n) is 5.32. The van der Waals surface area contributed by atoms with E-state index in [0.29, 0.717) is 5.56 Å². The van der Waals surface area contributed by atoms with E-state index in [-0.39, 0.29) is 17.9 Å². The van der Waals surface area contributed by atoms with Crippen LogP contribution in [0.4, 0.5) is 0 Å². The summed E-state index contributed by atoms with van der Waals surface area (Å²) in [5.41, 5.74) is 0.674. The maximum absolute atomic E-state index is 12.4. The van der Waals surface area contributed by atoms with Crippen LogP contribution < -0.4 is 5.32 Å². The summed E-state index contributed by atoms with van der Waals surface area (Å²) in [6.07, 6.45) is 5.67. The Hall–Kier alpha value is -1.75. The van der Waals surface area contributed by atoms with Gasteiger partial charge in [-0.15, -0.1) is 11.8 Å². The monoisotopic (exact) mass is 303 g/mol. The van der Waals surface area contributed by atoms with E-state index in [1.807, 2.05) is 48.3 Å². The van der Waals surface area contributed by atoms with Crippen molar-refractivity contribution in [3.8, 4) is 0 Å². The van der Waals surface area contributed by atoms with Crippen LogP contribution in [-0.4, -0.2) is 21.7 Å². The first-order valence-corrected chi connectivity index (χ1v) is 8.17. The summed E-state index contributed by atoms with van der Waals surface area (Å²) in [4.78, 5) is 17.9. The van der Waals surface area contributed by atoms with Crippen LogP contribution in [0, 0.1) is 5.92 Å². The van der Waals surface area contributed by atoms with Gasteiger partial charge in [0, 0.05) is 29.9 Å². The molecule has 0 aliphatic carbocycles. The van der Waals surface area contributed by atoms with Gasteiger partial charge < -0.3 is 9.88 Å². The highest BCUT2D eigenvalue weighted by Crippen LogP contribution is 2.21. The molecule has 112 valence electrons. The maximum atomic E-state index is 12.4. The number of hydrogen-bond acceptors (Lipinski definition) is 3. The molecular weight excluding hydrogens is 282 g/mol. The van der Waals surface area contributed by atoms with Gasteiger partial charge in [-0.2, -0.15) is 0 Å².